The summed E-state index contributed by atoms with van der Waals surface area (Å²) >= 11 is 0. The van der Waals surface area contributed by atoms with Crippen LogP contribution >= 0.6 is 0 Å². The van der Waals surface area contributed by atoms with Crippen molar-refractivity contribution in [1.82, 2.24) is 0 Å². The first-order valence-electron chi connectivity index (χ1n) is 9.77. The van der Waals surface area contributed by atoms with Crippen molar-refractivity contribution in [3.63, 3.8) is 0 Å². The third kappa shape index (κ3) is 4.06. The molecule has 1 aliphatic rings. The summed E-state index contributed by atoms with van der Waals surface area (Å²) in [6.07, 6.45) is 0.157. The van der Waals surface area contributed by atoms with Crippen molar-refractivity contribution in [2.75, 3.05) is 13.7 Å². The van der Waals surface area contributed by atoms with Crippen LogP contribution in [0, 0.1) is 13.8 Å². The lowest BCUT2D eigenvalue weighted by atomic mass is 9.97. The maximum atomic E-state index is 12.5. The molecule has 6 heteroatoms. The standard InChI is InChI=1S/C24H24O5S/c1-16-8-10-21(11-9-16)30(25,26)28-15-20-13-18-12-19(27-3)14-23(24(18)29-20)22-7-5-4-6-17(22)2/h4-12,14,20H,13,15H2,1-3H3. The first-order valence-corrected chi connectivity index (χ1v) is 11.2. The third-order valence-electron chi connectivity index (χ3n) is 5.26. The number of methoxy groups -OCH3 is 1. The smallest absolute Gasteiger partial charge is 0.297 e. The highest BCUT2D eigenvalue weighted by Crippen LogP contribution is 2.43. The van der Waals surface area contributed by atoms with Crippen LogP contribution in [0.3, 0.4) is 0 Å². The Hall–Kier alpha value is -2.83. The Morgan fingerprint density at radius 3 is 2.43 bits per heavy atom. The van der Waals surface area contributed by atoms with Gasteiger partial charge in [0.2, 0.25) is 0 Å². The fourth-order valence-electron chi connectivity index (χ4n) is 3.63. The van der Waals surface area contributed by atoms with Crippen LogP contribution in [0.1, 0.15) is 16.7 Å². The van der Waals surface area contributed by atoms with Gasteiger partial charge in [0.05, 0.1) is 12.0 Å². The van der Waals surface area contributed by atoms with E-state index in [4.69, 9.17) is 13.7 Å². The van der Waals surface area contributed by atoms with E-state index in [0.29, 0.717) is 6.42 Å². The van der Waals surface area contributed by atoms with E-state index < -0.39 is 16.2 Å². The molecule has 0 aromatic heterocycles. The molecule has 5 nitrogen and oxygen atoms in total. The summed E-state index contributed by atoms with van der Waals surface area (Å²) in [5.74, 6) is 1.50. The lowest BCUT2D eigenvalue weighted by Gasteiger charge is -2.15. The van der Waals surface area contributed by atoms with Crippen molar-refractivity contribution >= 4 is 10.1 Å². The molecular weight excluding hydrogens is 400 g/mol. The molecule has 0 amide bonds. The molecule has 30 heavy (non-hydrogen) atoms. The SMILES string of the molecule is COc1cc2c(c(-c3ccccc3C)c1)OC(COS(=O)(=O)c1ccc(C)cc1)C2. The summed E-state index contributed by atoms with van der Waals surface area (Å²) in [6, 6.07) is 18.6. The fraction of sp³-hybridized carbons (Fsp3) is 0.250. The number of hydrogen-bond acceptors (Lipinski definition) is 5. The molecule has 1 heterocycles. The molecule has 1 unspecified atom stereocenters. The lowest BCUT2D eigenvalue weighted by molar-refractivity contribution is 0.152. The first-order chi connectivity index (χ1) is 14.4. The van der Waals surface area contributed by atoms with E-state index in [2.05, 4.69) is 0 Å². The van der Waals surface area contributed by atoms with Crippen LogP contribution in [0.15, 0.2) is 65.6 Å². The molecule has 1 atom stereocenters. The molecular formula is C24H24O5S. The highest BCUT2D eigenvalue weighted by Gasteiger charge is 2.29. The summed E-state index contributed by atoms with van der Waals surface area (Å²) in [7, 11) is -2.21. The van der Waals surface area contributed by atoms with Crippen LogP contribution in [0.2, 0.25) is 0 Å². The first kappa shape index (κ1) is 20.4. The Bertz CT molecular complexity index is 1170. The normalized spacial score (nSPS) is 15.5. The second kappa shape index (κ2) is 8.13. The van der Waals surface area contributed by atoms with Gasteiger partial charge in [-0.3, -0.25) is 4.18 Å². The zero-order chi connectivity index (χ0) is 21.3. The van der Waals surface area contributed by atoms with Gasteiger partial charge in [-0.05, 0) is 49.2 Å². The zero-order valence-electron chi connectivity index (χ0n) is 17.2. The van der Waals surface area contributed by atoms with E-state index in [1.807, 2.05) is 50.2 Å². The zero-order valence-corrected chi connectivity index (χ0v) is 18.0. The van der Waals surface area contributed by atoms with Gasteiger partial charge in [-0.2, -0.15) is 8.42 Å². The topological polar surface area (TPSA) is 61.8 Å². The Morgan fingerprint density at radius 2 is 1.73 bits per heavy atom. The van der Waals surface area contributed by atoms with Crippen LogP contribution in [0.5, 0.6) is 11.5 Å². The molecule has 156 valence electrons. The summed E-state index contributed by atoms with van der Waals surface area (Å²) in [5, 5.41) is 0. The molecule has 4 rings (SSSR count). The maximum Gasteiger partial charge on any atom is 0.297 e. The van der Waals surface area contributed by atoms with E-state index in [0.717, 1.165) is 39.3 Å². The highest BCUT2D eigenvalue weighted by molar-refractivity contribution is 7.86. The van der Waals surface area contributed by atoms with Gasteiger partial charge in [0, 0.05) is 17.5 Å². The molecule has 0 spiro atoms. The van der Waals surface area contributed by atoms with Crippen molar-refractivity contribution in [3.05, 3.63) is 77.4 Å². The number of fused-ring (bicyclic) bond motifs is 1. The van der Waals surface area contributed by atoms with Crippen LogP contribution in [0.4, 0.5) is 0 Å². The van der Waals surface area contributed by atoms with Crippen molar-refractivity contribution in [2.45, 2.75) is 31.3 Å². The van der Waals surface area contributed by atoms with Gasteiger partial charge in [0.15, 0.2) is 0 Å². The average molecular weight is 425 g/mol. The monoisotopic (exact) mass is 424 g/mol. The molecule has 1 aliphatic heterocycles. The van der Waals surface area contributed by atoms with Crippen LogP contribution in [0.25, 0.3) is 11.1 Å². The Balaban J connectivity index is 1.56. The van der Waals surface area contributed by atoms with E-state index >= 15 is 0 Å². The van der Waals surface area contributed by atoms with E-state index in [1.54, 1.807) is 31.4 Å². The minimum absolute atomic E-state index is 0.0551. The molecule has 0 fully saturated rings. The minimum Gasteiger partial charge on any atom is -0.497 e. The average Bonchev–Trinajstić information content (AvgIpc) is 3.15. The molecule has 0 radical (unpaired) electrons. The van der Waals surface area contributed by atoms with Crippen molar-refractivity contribution in [3.8, 4) is 22.6 Å². The lowest BCUT2D eigenvalue weighted by Crippen LogP contribution is -2.23. The van der Waals surface area contributed by atoms with E-state index in [-0.39, 0.29) is 11.5 Å². The Kier molecular flexibility index (Phi) is 5.54. The number of hydrogen-bond donors (Lipinski definition) is 0. The molecule has 0 saturated heterocycles. The van der Waals surface area contributed by atoms with Gasteiger partial charge in [-0.25, -0.2) is 0 Å². The number of aryl methyl sites for hydroxylation is 2. The summed E-state index contributed by atoms with van der Waals surface area (Å²) in [5.41, 5.74) is 5.08. The highest BCUT2D eigenvalue weighted by atomic mass is 32.2. The van der Waals surface area contributed by atoms with Gasteiger partial charge in [0.25, 0.3) is 10.1 Å². The predicted octanol–water partition coefficient (Wildman–Crippen LogP) is 4.69. The quantitative estimate of drug-likeness (QED) is 0.538. The van der Waals surface area contributed by atoms with E-state index in [9.17, 15) is 8.42 Å². The van der Waals surface area contributed by atoms with Gasteiger partial charge in [-0.15, -0.1) is 0 Å². The van der Waals surface area contributed by atoms with E-state index in [1.165, 1.54) is 0 Å². The second-order valence-corrected chi connectivity index (χ2v) is 9.09. The number of benzene rings is 3. The maximum absolute atomic E-state index is 12.5. The van der Waals surface area contributed by atoms with Crippen molar-refractivity contribution < 1.29 is 22.1 Å². The number of rotatable bonds is 6. The minimum atomic E-state index is -3.84. The fourth-order valence-corrected chi connectivity index (χ4v) is 4.56. The van der Waals surface area contributed by atoms with Crippen molar-refractivity contribution in [2.24, 2.45) is 0 Å². The number of ether oxygens (including phenoxy) is 2. The van der Waals surface area contributed by atoms with Gasteiger partial charge in [-0.1, -0.05) is 42.0 Å². The van der Waals surface area contributed by atoms with Crippen LogP contribution in [-0.4, -0.2) is 28.2 Å². The van der Waals surface area contributed by atoms with Gasteiger partial charge < -0.3 is 9.47 Å². The summed E-state index contributed by atoms with van der Waals surface area (Å²) < 4.78 is 42.0. The molecule has 3 aromatic rings. The van der Waals surface area contributed by atoms with Gasteiger partial charge >= 0.3 is 0 Å². The van der Waals surface area contributed by atoms with Crippen molar-refractivity contribution in [1.29, 1.82) is 0 Å². The third-order valence-corrected chi connectivity index (χ3v) is 6.56. The predicted molar refractivity (Wildman–Crippen MR) is 116 cm³/mol. The van der Waals surface area contributed by atoms with Crippen LogP contribution < -0.4 is 9.47 Å². The molecule has 0 saturated carbocycles. The summed E-state index contributed by atoms with van der Waals surface area (Å²) in [4.78, 5) is 0.144. The van der Waals surface area contributed by atoms with Gasteiger partial charge in [0.1, 0.15) is 24.2 Å². The Morgan fingerprint density at radius 1 is 1.00 bits per heavy atom. The Labute approximate surface area is 177 Å². The summed E-state index contributed by atoms with van der Waals surface area (Å²) in [6.45, 7) is 3.90. The second-order valence-electron chi connectivity index (χ2n) is 7.47. The molecule has 0 aliphatic carbocycles. The molecule has 3 aromatic carbocycles. The largest absolute Gasteiger partial charge is 0.497 e. The van der Waals surface area contributed by atoms with Crippen LogP contribution in [-0.2, 0) is 20.7 Å². The molecule has 0 bridgehead atoms. The molecule has 0 N–H and O–H groups in total.